The molecule has 0 aliphatic rings. The van der Waals surface area contributed by atoms with Gasteiger partial charge in [-0.25, -0.2) is 9.59 Å². The Morgan fingerprint density at radius 2 is 1.21 bits per heavy atom. The van der Waals surface area contributed by atoms with E-state index in [1.54, 1.807) is 54.6 Å². The molecule has 0 heterocycles. The number of rotatable bonds is 9. The van der Waals surface area contributed by atoms with E-state index >= 15 is 0 Å². The SMILES string of the molecule is C=CC(=O)Oc1ccc(-c2ccc(-c3ccc(OC(=O)C=C)cc3)c(OC(O)C=C)c2)cc1. The number of carbonyl (C=O) groups is 2. The Morgan fingerprint density at radius 3 is 1.70 bits per heavy atom. The van der Waals surface area contributed by atoms with Gasteiger partial charge in [-0.05, 0) is 53.1 Å². The second-order valence-corrected chi connectivity index (χ2v) is 6.75. The third-order valence-electron chi connectivity index (χ3n) is 4.55. The van der Waals surface area contributed by atoms with E-state index in [1.807, 2.05) is 12.1 Å². The predicted octanol–water partition coefficient (Wildman–Crippen LogP) is 5.09. The number of carbonyl (C=O) groups excluding carboxylic acids is 2. The van der Waals surface area contributed by atoms with Crippen molar-refractivity contribution in [2.24, 2.45) is 0 Å². The summed E-state index contributed by atoms with van der Waals surface area (Å²) in [5, 5.41) is 9.99. The van der Waals surface area contributed by atoms with Crippen LogP contribution in [-0.4, -0.2) is 23.3 Å². The molecule has 6 heteroatoms. The Hall–Kier alpha value is -4.42. The zero-order valence-corrected chi connectivity index (χ0v) is 17.8. The van der Waals surface area contributed by atoms with E-state index < -0.39 is 18.2 Å². The summed E-state index contributed by atoms with van der Waals surface area (Å²) in [6.45, 7) is 10.3. The average molecular weight is 442 g/mol. The van der Waals surface area contributed by atoms with E-state index in [4.69, 9.17) is 14.2 Å². The summed E-state index contributed by atoms with van der Waals surface area (Å²) < 4.78 is 15.9. The molecule has 0 fully saturated rings. The summed E-state index contributed by atoms with van der Waals surface area (Å²) in [6.07, 6.45) is 2.26. The van der Waals surface area contributed by atoms with Crippen LogP contribution >= 0.6 is 0 Å². The monoisotopic (exact) mass is 442 g/mol. The summed E-state index contributed by atoms with van der Waals surface area (Å²) in [7, 11) is 0. The highest BCUT2D eigenvalue weighted by atomic mass is 16.6. The fourth-order valence-electron chi connectivity index (χ4n) is 2.95. The summed E-state index contributed by atoms with van der Waals surface area (Å²) in [6, 6.07) is 19.4. The molecule has 1 N–H and O–H groups in total. The van der Waals surface area contributed by atoms with Crippen molar-refractivity contribution in [3.8, 4) is 39.5 Å². The van der Waals surface area contributed by atoms with Crippen LogP contribution < -0.4 is 14.2 Å². The number of aliphatic hydroxyl groups excluding tert-OH is 1. The molecule has 3 rings (SSSR count). The van der Waals surface area contributed by atoms with E-state index in [0.29, 0.717) is 17.2 Å². The van der Waals surface area contributed by atoms with E-state index in [0.717, 1.165) is 34.4 Å². The highest BCUT2D eigenvalue weighted by Crippen LogP contribution is 2.36. The maximum absolute atomic E-state index is 11.4. The Balaban J connectivity index is 1.93. The van der Waals surface area contributed by atoms with Gasteiger partial charge in [-0.2, -0.15) is 0 Å². The van der Waals surface area contributed by atoms with Crippen LogP contribution in [0.4, 0.5) is 0 Å². The van der Waals surface area contributed by atoms with Gasteiger partial charge in [0.1, 0.15) is 17.2 Å². The number of benzene rings is 3. The number of aliphatic hydroxyl groups is 1. The van der Waals surface area contributed by atoms with Gasteiger partial charge in [-0.3, -0.25) is 0 Å². The van der Waals surface area contributed by atoms with Crippen LogP contribution in [0.15, 0.2) is 105 Å². The van der Waals surface area contributed by atoms with Crippen molar-refractivity contribution in [1.29, 1.82) is 0 Å². The van der Waals surface area contributed by atoms with E-state index in [2.05, 4.69) is 19.7 Å². The maximum Gasteiger partial charge on any atom is 0.335 e. The molecule has 33 heavy (non-hydrogen) atoms. The molecule has 3 aromatic carbocycles. The normalized spacial score (nSPS) is 11.1. The lowest BCUT2D eigenvalue weighted by molar-refractivity contribution is -0.129. The van der Waals surface area contributed by atoms with E-state index in [1.165, 1.54) is 6.08 Å². The van der Waals surface area contributed by atoms with Gasteiger partial charge >= 0.3 is 11.9 Å². The van der Waals surface area contributed by atoms with Crippen LogP contribution in [0.5, 0.6) is 17.2 Å². The van der Waals surface area contributed by atoms with Crippen LogP contribution in [0.25, 0.3) is 22.3 Å². The molecule has 0 saturated heterocycles. The molecule has 0 saturated carbocycles. The minimum atomic E-state index is -1.20. The Bertz CT molecular complexity index is 1180. The van der Waals surface area contributed by atoms with Gasteiger partial charge in [-0.15, -0.1) is 0 Å². The lowest BCUT2D eigenvalue weighted by Crippen LogP contribution is -2.12. The van der Waals surface area contributed by atoms with Gasteiger partial charge in [0.2, 0.25) is 6.29 Å². The Labute approximate surface area is 191 Å². The lowest BCUT2D eigenvalue weighted by atomic mass is 9.99. The third-order valence-corrected chi connectivity index (χ3v) is 4.55. The van der Waals surface area contributed by atoms with Crippen molar-refractivity contribution in [1.82, 2.24) is 0 Å². The van der Waals surface area contributed by atoms with Crippen LogP contribution in [0.1, 0.15) is 0 Å². The number of hydrogen-bond donors (Lipinski definition) is 1. The first-order chi connectivity index (χ1) is 15.9. The molecule has 6 nitrogen and oxygen atoms in total. The molecule has 0 bridgehead atoms. The largest absolute Gasteiger partial charge is 0.461 e. The minimum absolute atomic E-state index is 0.381. The van der Waals surface area contributed by atoms with Crippen LogP contribution in [0, 0.1) is 0 Å². The summed E-state index contributed by atoms with van der Waals surface area (Å²) in [5.41, 5.74) is 3.18. The third kappa shape index (κ3) is 6.06. The zero-order valence-electron chi connectivity index (χ0n) is 17.8. The van der Waals surface area contributed by atoms with Crippen molar-refractivity contribution in [2.75, 3.05) is 0 Å². The van der Waals surface area contributed by atoms with E-state index in [-0.39, 0.29) is 0 Å². The molecule has 3 aromatic rings. The van der Waals surface area contributed by atoms with Crippen molar-refractivity contribution in [3.05, 3.63) is 105 Å². The Kier molecular flexibility index (Phi) is 7.57. The van der Waals surface area contributed by atoms with Gasteiger partial charge in [0.15, 0.2) is 0 Å². The highest BCUT2D eigenvalue weighted by molar-refractivity contribution is 5.84. The standard InChI is InChI=1S/C27H22O6/c1-4-25(28)31-21-12-7-18(8-13-21)20-11-16-23(24(17-20)33-27(30)6-3)19-9-14-22(15-10-19)32-26(29)5-2/h4-17,27,30H,1-3H2. The summed E-state index contributed by atoms with van der Waals surface area (Å²) >= 11 is 0. The second kappa shape index (κ2) is 10.7. The van der Waals surface area contributed by atoms with Crippen molar-refractivity contribution < 1.29 is 28.9 Å². The first-order valence-corrected chi connectivity index (χ1v) is 9.94. The first-order valence-electron chi connectivity index (χ1n) is 9.94. The molecule has 0 aliphatic carbocycles. The maximum atomic E-state index is 11.4. The van der Waals surface area contributed by atoms with Crippen LogP contribution in [0.3, 0.4) is 0 Å². The number of esters is 2. The molecule has 166 valence electrons. The molecular formula is C27H22O6. The molecule has 1 atom stereocenters. The van der Waals surface area contributed by atoms with Gasteiger partial charge in [0.25, 0.3) is 0 Å². The number of hydrogen-bond acceptors (Lipinski definition) is 6. The van der Waals surface area contributed by atoms with Crippen molar-refractivity contribution >= 4 is 11.9 Å². The Morgan fingerprint density at radius 1 is 0.727 bits per heavy atom. The van der Waals surface area contributed by atoms with E-state index in [9.17, 15) is 14.7 Å². The topological polar surface area (TPSA) is 82.1 Å². The van der Waals surface area contributed by atoms with Gasteiger partial charge in [0.05, 0.1) is 0 Å². The smallest absolute Gasteiger partial charge is 0.335 e. The lowest BCUT2D eigenvalue weighted by Gasteiger charge is -2.16. The fraction of sp³-hybridized carbons (Fsp3) is 0.0370. The molecular weight excluding hydrogens is 420 g/mol. The van der Waals surface area contributed by atoms with Crippen molar-refractivity contribution in [3.63, 3.8) is 0 Å². The van der Waals surface area contributed by atoms with Crippen LogP contribution in [-0.2, 0) is 9.59 Å². The molecule has 0 spiro atoms. The minimum Gasteiger partial charge on any atom is -0.461 e. The molecule has 1 unspecified atom stereocenters. The molecule has 0 aliphatic heterocycles. The van der Waals surface area contributed by atoms with Gasteiger partial charge < -0.3 is 19.3 Å². The quantitative estimate of drug-likeness (QED) is 0.164. The molecule has 0 radical (unpaired) electrons. The zero-order chi connectivity index (χ0) is 23.8. The fourth-order valence-corrected chi connectivity index (χ4v) is 2.95. The van der Waals surface area contributed by atoms with Crippen LogP contribution in [0.2, 0.25) is 0 Å². The molecule has 0 amide bonds. The van der Waals surface area contributed by atoms with Gasteiger partial charge in [0, 0.05) is 17.7 Å². The summed E-state index contributed by atoms with van der Waals surface area (Å²) in [5.74, 6) is 0.127. The summed E-state index contributed by atoms with van der Waals surface area (Å²) in [4.78, 5) is 22.7. The van der Waals surface area contributed by atoms with Gasteiger partial charge in [-0.1, -0.05) is 56.1 Å². The predicted molar refractivity (Wildman–Crippen MR) is 126 cm³/mol. The van der Waals surface area contributed by atoms with Crippen molar-refractivity contribution in [2.45, 2.75) is 6.29 Å². The average Bonchev–Trinajstić information content (AvgIpc) is 2.84. The highest BCUT2D eigenvalue weighted by Gasteiger charge is 2.13. The first kappa shape index (κ1) is 23.2. The number of ether oxygens (including phenoxy) is 3. The molecule has 0 aromatic heterocycles. The second-order valence-electron chi connectivity index (χ2n) is 6.75.